The maximum Gasteiger partial charge on any atom is 0.131 e. The van der Waals surface area contributed by atoms with Crippen molar-refractivity contribution in [1.29, 1.82) is 0 Å². The smallest absolute Gasteiger partial charge is 0.131 e. The lowest BCUT2D eigenvalue weighted by Crippen LogP contribution is -2.35. The van der Waals surface area contributed by atoms with Crippen molar-refractivity contribution in [3.8, 4) is 0 Å². The maximum absolute atomic E-state index is 11.2. The van der Waals surface area contributed by atoms with Crippen molar-refractivity contribution in [2.75, 3.05) is 13.1 Å². The van der Waals surface area contributed by atoms with E-state index in [9.17, 15) is 4.79 Å². The standard InChI is InChI=1S/C15H29NO/c1-4-6-8-14(5-2)12-16-10-7-9-15(16)11-13(3)17/h14-15H,4-12H2,1-3H3. The Morgan fingerprint density at radius 1 is 1.41 bits per heavy atom. The molecule has 0 bridgehead atoms. The van der Waals surface area contributed by atoms with Crippen molar-refractivity contribution in [2.24, 2.45) is 5.92 Å². The minimum atomic E-state index is 0.350. The number of Topliss-reactive ketones (excluding diaryl/α,β-unsaturated/α-hetero) is 1. The molecule has 0 radical (unpaired) electrons. The predicted molar refractivity (Wildman–Crippen MR) is 73.2 cm³/mol. The first-order valence-corrected chi connectivity index (χ1v) is 7.40. The van der Waals surface area contributed by atoms with Crippen molar-refractivity contribution >= 4 is 5.78 Å². The van der Waals surface area contributed by atoms with Gasteiger partial charge in [-0.25, -0.2) is 0 Å². The molecule has 2 unspecified atom stereocenters. The second-order valence-electron chi connectivity index (χ2n) is 5.61. The first-order chi connectivity index (χ1) is 8.17. The molecule has 100 valence electrons. The Hall–Kier alpha value is -0.370. The number of carbonyl (C=O) groups is 1. The Morgan fingerprint density at radius 2 is 2.18 bits per heavy atom. The van der Waals surface area contributed by atoms with E-state index in [0.29, 0.717) is 11.8 Å². The number of ketones is 1. The Labute approximate surface area is 107 Å². The Balaban J connectivity index is 2.38. The zero-order valence-corrected chi connectivity index (χ0v) is 11.9. The number of likely N-dealkylation sites (tertiary alicyclic amines) is 1. The molecule has 0 aromatic heterocycles. The van der Waals surface area contributed by atoms with Crippen molar-refractivity contribution in [3.05, 3.63) is 0 Å². The van der Waals surface area contributed by atoms with Crippen LogP contribution in [0.3, 0.4) is 0 Å². The molecule has 1 aliphatic rings. The van der Waals surface area contributed by atoms with Crippen LogP contribution in [0.15, 0.2) is 0 Å². The monoisotopic (exact) mass is 239 g/mol. The zero-order valence-electron chi connectivity index (χ0n) is 11.9. The average molecular weight is 239 g/mol. The van der Waals surface area contributed by atoms with Gasteiger partial charge in [-0.05, 0) is 38.6 Å². The third kappa shape index (κ3) is 5.20. The average Bonchev–Trinajstić information content (AvgIpc) is 2.70. The van der Waals surface area contributed by atoms with Gasteiger partial charge in [-0.15, -0.1) is 0 Å². The lowest BCUT2D eigenvalue weighted by molar-refractivity contribution is -0.118. The van der Waals surface area contributed by atoms with Crippen molar-refractivity contribution < 1.29 is 4.79 Å². The molecule has 0 saturated carbocycles. The van der Waals surface area contributed by atoms with Crippen LogP contribution in [-0.2, 0) is 4.79 Å². The highest BCUT2D eigenvalue weighted by molar-refractivity contribution is 5.76. The number of hydrogen-bond donors (Lipinski definition) is 0. The summed E-state index contributed by atoms with van der Waals surface area (Å²) in [5, 5.41) is 0. The zero-order chi connectivity index (χ0) is 12.7. The van der Waals surface area contributed by atoms with Crippen molar-refractivity contribution in [1.82, 2.24) is 4.90 Å². The fourth-order valence-corrected chi connectivity index (χ4v) is 2.95. The molecular weight excluding hydrogens is 210 g/mol. The topological polar surface area (TPSA) is 20.3 Å². The van der Waals surface area contributed by atoms with Crippen LogP contribution in [0.5, 0.6) is 0 Å². The summed E-state index contributed by atoms with van der Waals surface area (Å²) in [6.07, 6.45) is 8.56. The van der Waals surface area contributed by atoms with E-state index in [0.717, 1.165) is 12.3 Å². The fourth-order valence-electron chi connectivity index (χ4n) is 2.95. The van der Waals surface area contributed by atoms with Gasteiger partial charge in [0.2, 0.25) is 0 Å². The lowest BCUT2D eigenvalue weighted by Gasteiger charge is -2.28. The normalized spacial score (nSPS) is 22.9. The van der Waals surface area contributed by atoms with Gasteiger partial charge in [0.05, 0.1) is 0 Å². The van der Waals surface area contributed by atoms with E-state index >= 15 is 0 Å². The van der Waals surface area contributed by atoms with Gasteiger partial charge in [0.15, 0.2) is 0 Å². The van der Waals surface area contributed by atoms with Crippen LogP contribution in [0.4, 0.5) is 0 Å². The van der Waals surface area contributed by atoms with E-state index in [4.69, 9.17) is 0 Å². The molecule has 0 N–H and O–H groups in total. The first-order valence-electron chi connectivity index (χ1n) is 7.40. The number of nitrogens with zero attached hydrogens (tertiary/aromatic N) is 1. The highest BCUT2D eigenvalue weighted by atomic mass is 16.1. The second-order valence-corrected chi connectivity index (χ2v) is 5.61. The summed E-state index contributed by atoms with van der Waals surface area (Å²) in [5.41, 5.74) is 0. The molecule has 1 rings (SSSR count). The molecule has 0 aliphatic carbocycles. The van der Waals surface area contributed by atoms with Crippen molar-refractivity contribution in [3.63, 3.8) is 0 Å². The SMILES string of the molecule is CCCCC(CC)CN1CCCC1CC(C)=O. The van der Waals surface area contributed by atoms with Crippen LogP contribution in [0.1, 0.15) is 65.7 Å². The van der Waals surface area contributed by atoms with Crippen LogP contribution in [0, 0.1) is 5.92 Å². The van der Waals surface area contributed by atoms with E-state index in [2.05, 4.69) is 18.7 Å². The summed E-state index contributed by atoms with van der Waals surface area (Å²) >= 11 is 0. The van der Waals surface area contributed by atoms with Gasteiger partial charge in [-0.2, -0.15) is 0 Å². The predicted octanol–water partition coefficient (Wildman–Crippen LogP) is 3.65. The lowest BCUT2D eigenvalue weighted by atomic mass is 9.98. The minimum absolute atomic E-state index is 0.350. The third-order valence-electron chi connectivity index (χ3n) is 4.06. The fraction of sp³-hybridized carbons (Fsp3) is 0.933. The number of hydrogen-bond acceptors (Lipinski definition) is 2. The molecule has 1 aliphatic heterocycles. The van der Waals surface area contributed by atoms with Gasteiger partial charge < -0.3 is 0 Å². The molecule has 17 heavy (non-hydrogen) atoms. The van der Waals surface area contributed by atoms with Crippen LogP contribution in [0.2, 0.25) is 0 Å². The van der Waals surface area contributed by atoms with Gasteiger partial charge in [-0.3, -0.25) is 9.69 Å². The molecule has 0 aromatic carbocycles. The van der Waals surface area contributed by atoms with E-state index in [1.807, 2.05) is 0 Å². The van der Waals surface area contributed by atoms with Gasteiger partial charge in [-0.1, -0.05) is 33.1 Å². The Kier molecular flexibility index (Phi) is 6.79. The molecular formula is C15H29NO. The largest absolute Gasteiger partial charge is 0.300 e. The van der Waals surface area contributed by atoms with Gasteiger partial charge in [0, 0.05) is 19.0 Å². The Morgan fingerprint density at radius 3 is 2.76 bits per heavy atom. The Bertz CT molecular complexity index is 227. The van der Waals surface area contributed by atoms with E-state index < -0.39 is 0 Å². The minimum Gasteiger partial charge on any atom is -0.300 e. The summed E-state index contributed by atoms with van der Waals surface area (Å²) in [7, 11) is 0. The molecule has 1 heterocycles. The van der Waals surface area contributed by atoms with Crippen LogP contribution in [-0.4, -0.2) is 29.8 Å². The summed E-state index contributed by atoms with van der Waals surface area (Å²) < 4.78 is 0. The molecule has 0 spiro atoms. The first kappa shape index (κ1) is 14.7. The number of rotatable bonds is 8. The van der Waals surface area contributed by atoms with E-state index in [-0.39, 0.29) is 0 Å². The van der Waals surface area contributed by atoms with Gasteiger partial charge in [0.25, 0.3) is 0 Å². The van der Waals surface area contributed by atoms with E-state index in [1.54, 1.807) is 6.92 Å². The molecule has 2 nitrogen and oxygen atoms in total. The number of carbonyl (C=O) groups excluding carboxylic acids is 1. The summed E-state index contributed by atoms with van der Waals surface area (Å²) in [5.74, 6) is 1.19. The van der Waals surface area contributed by atoms with Gasteiger partial charge >= 0.3 is 0 Å². The molecule has 1 fully saturated rings. The van der Waals surface area contributed by atoms with Crippen LogP contribution >= 0.6 is 0 Å². The van der Waals surface area contributed by atoms with Crippen LogP contribution < -0.4 is 0 Å². The molecule has 0 amide bonds. The van der Waals surface area contributed by atoms with Crippen LogP contribution in [0.25, 0.3) is 0 Å². The molecule has 2 atom stereocenters. The van der Waals surface area contributed by atoms with Crippen molar-refractivity contribution in [2.45, 2.75) is 71.8 Å². The number of unbranched alkanes of at least 4 members (excludes halogenated alkanes) is 1. The summed E-state index contributed by atoms with van der Waals surface area (Å²) in [4.78, 5) is 13.8. The molecule has 2 heteroatoms. The summed E-state index contributed by atoms with van der Waals surface area (Å²) in [6, 6.07) is 0.545. The highest BCUT2D eigenvalue weighted by Gasteiger charge is 2.26. The van der Waals surface area contributed by atoms with Gasteiger partial charge in [0.1, 0.15) is 5.78 Å². The molecule has 0 aromatic rings. The maximum atomic E-state index is 11.2. The second kappa shape index (κ2) is 7.86. The summed E-state index contributed by atoms with van der Waals surface area (Å²) in [6.45, 7) is 8.72. The van der Waals surface area contributed by atoms with E-state index in [1.165, 1.54) is 51.6 Å². The quantitative estimate of drug-likeness (QED) is 0.644. The highest BCUT2D eigenvalue weighted by Crippen LogP contribution is 2.24. The third-order valence-corrected chi connectivity index (χ3v) is 4.06. The molecule has 1 saturated heterocycles.